The Hall–Kier alpha value is -4.88. The molecule has 54 heavy (non-hydrogen) atoms. The van der Waals surface area contributed by atoms with Crippen LogP contribution in [0.15, 0.2) is 133 Å². The molecule has 6 aromatic rings. The molecule has 268 valence electrons. The molecule has 6 aromatic carbocycles. The van der Waals surface area contributed by atoms with Crippen LogP contribution in [0.4, 0.5) is 17.1 Å². The molecule has 1 heteroatoms. The Balaban J connectivity index is 1.09. The Kier molecular flexibility index (Phi) is 6.83. The number of fused-ring (bicyclic) bond motifs is 6. The normalized spacial score (nSPS) is 25.0. The van der Waals surface area contributed by atoms with E-state index in [0.717, 1.165) is 23.7 Å². The average Bonchev–Trinajstić information content (AvgIpc) is 3.59. The standard InChI is InChI=1S/C53H51N/c1-51(2,3)36-20-22-39(23-21-36)54(40-13-10-12-35(31-40)42-16-11-17-46-44-15-6-8-18-47(44)52(4,5)50(42)46)41-24-25-45-43-14-7-9-19-48(43)53(49(45)32-41)37-27-33-26-34(29-37)30-38(53)28-33/h6-25,31-34,37-38H,26-30H2,1-5H3. The van der Waals surface area contributed by atoms with Crippen LogP contribution >= 0.6 is 0 Å². The molecule has 0 amide bonds. The van der Waals surface area contributed by atoms with Crippen LogP contribution in [0.2, 0.25) is 0 Å². The lowest BCUT2D eigenvalue weighted by Gasteiger charge is -2.61. The SMILES string of the molecule is CC(C)(C)c1ccc(N(c2cccc(-c3cccc4c3C(C)(C)c3ccccc3-4)c2)c2ccc3c(c2)C2(c4ccccc4-3)C3CC4CC(C3)CC2C4)cc1. The van der Waals surface area contributed by atoms with Crippen LogP contribution in [-0.4, -0.2) is 0 Å². The van der Waals surface area contributed by atoms with Crippen molar-refractivity contribution in [3.05, 3.63) is 161 Å². The zero-order valence-electron chi connectivity index (χ0n) is 32.5. The van der Waals surface area contributed by atoms with Crippen molar-refractivity contribution in [2.45, 2.75) is 83.0 Å². The second-order valence-corrected chi connectivity index (χ2v) is 19.0. The molecule has 0 unspecified atom stereocenters. The van der Waals surface area contributed by atoms with Gasteiger partial charge in [0.15, 0.2) is 0 Å². The minimum absolute atomic E-state index is 0.0804. The van der Waals surface area contributed by atoms with Gasteiger partial charge in [-0.1, -0.05) is 132 Å². The highest BCUT2D eigenvalue weighted by Gasteiger charge is 2.61. The van der Waals surface area contributed by atoms with E-state index in [1.807, 2.05) is 0 Å². The van der Waals surface area contributed by atoms with Crippen molar-refractivity contribution in [1.82, 2.24) is 0 Å². The third-order valence-electron chi connectivity index (χ3n) is 14.8. The summed E-state index contributed by atoms with van der Waals surface area (Å²) in [4.78, 5) is 2.55. The number of anilines is 3. The van der Waals surface area contributed by atoms with Gasteiger partial charge in [0.25, 0.3) is 0 Å². The summed E-state index contributed by atoms with van der Waals surface area (Å²) >= 11 is 0. The Bertz CT molecular complexity index is 2440. The van der Waals surface area contributed by atoms with Crippen LogP contribution in [0, 0.1) is 23.7 Å². The Morgan fingerprint density at radius 1 is 0.481 bits per heavy atom. The van der Waals surface area contributed by atoms with Crippen LogP contribution in [0.1, 0.15) is 94.5 Å². The first kappa shape index (κ1) is 32.5. The number of hydrogen-bond acceptors (Lipinski definition) is 1. The van der Waals surface area contributed by atoms with Gasteiger partial charge in [0.05, 0.1) is 0 Å². The van der Waals surface area contributed by atoms with Crippen molar-refractivity contribution >= 4 is 17.1 Å². The molecular weight excluding hydrogens is 651 g/mol. The fourth-order valence-electron chi connectivity index (χ4n) is 12.7. The lowest BCUT2D eigenvalue weighted by molar-refractivity contribution is -0.0399. The summed E-state index contributed by atoms with van der Waals surface area (Å²) in [6.45, 7) is 11.7. The van der Waals surface area contributed by atoms with E-state index >= 15 is 0 Å². The maximum Gasteiger partial charge on any atom is 0.0467 e. The lowest BCUT2D eigenvalue weighted by atomic mass is 9.43. The predicted octanol–water partition coefficient (Wildman–Crippen LogP) is 14.1. The van der Waals surface area contributed by atoms with Crippen molar-refractivity contribution in [1.29, 1.82) is 0 Å². The fraction of sp³-hybridized carbons (Fsp3) is 0.321. The van der Waals surface area contributed by atoms with Gasteiger partial charge in [-0.05, 0) is 159 Å². The van der Waals surface area contributed by atoms with Crippen LogP contribution < -0.4 is 4.90 Å². The van der Waals surface area contributed by atoms with Crippen molar-refractivity contribution in [3.63, 3.8) is 0 Å². The Morgan fingerprint density at radius 3 is 1.74 bits per heavy atom. The van der Waals surface area contributed by atoms with Crippen molar-refractivity contribution in [2.75, 3.05) is 4.90 Å². The molecule has 1 nitrogen and oxygen atoms in total. The van der Waals surface area contributed by atoms with Gasteiger partial charge in [-0.15, -0.1) is 0 Å². The maximum absolute atomic E-state index is 2.64. The van der Waals surface area contributed by atoms with Crippen LogP contribution in [0.3, 0.4) is 0 Å². The summed E-state index contributed by atoms with van der Waals surface area (Å²) < 4.78 is 0. The molecule has 0 atom stereocenters. The topological polar surface area (TPSA) is 3.24 Å². The van der Waals surface area contributed by atoms with E-state index in [4.69, 9.17) is 0 Å². The molecule has 6 aliphatic rings. The van der Waals surface area contributed by atoms with Crippen LogP contribution in [0.25, 0.3) is 33.4 Å². The Labute approximate surface area is 322 Å². The van der Waals surface area contributed by atoms with Crippen LogP contribution in [-0.2, 0) is 16.2 Å². The van der Waals surface area contributed by atoms with E-state index < -0.39 is 0 Å². The Morgan fingerprint density at radius 2 is 1.04 bits per heavy atom. The van der Waals surface area contributed by atoms with Gasteiger partial charge in [0.1, 0.15) is 0 Å². The largest absolute Gasteiger partial charge is 0.310 e. The fourth-order valence-corrected chi connectivity index (χ4v) is 12.7. The van der Waals surface area contributed by atoms with E-state index in [9.17, 15) is 0 Å². The van der Waals surface area contributed by atoms with Gasteiger partial charge in [0, 0.05) is 27.9 Å². The highest BCUT2D eigenvalue weighted by molar-refractivity contribution is 5.90. The minimum atomic E-state index is -0.0804. The van der Waals surface area contributed by atoms with Crippen LogP contribution in [0.5, 0.6) is 0 Å². The number of nitrogens with zero attached hydrogens (tertiary/aromatic N) is 1. The zero-order chi connectivity index (χ0) is 36.6. The predicted molar refractivity (Wildman–Crippen MR) is 226 cm³/mol. The first-order chi connectivity index (χ1) is 26.1. The third-order valence-corrected chi connectivity index (χ3v) is 14.8. The van der Waals surface area contributed by atoms with E-state index in [0.29, 0.717) is 0 Å². The van der Waals surface area contributed by atoms with Gasteiger partial charge in [0.2, 0.25) is 0 Å². The van der Waals surface area contributed by atoms with E-state index in [-0.39, 0.29) is 16.2 Å². The molecule has 4 fully saturated rings. The van der Waals surface area contributed by atoms with Gasteiger partial charge >= 0.3 is 0 Å². The molecule has 6 aliphatic carbocycles. The van der Waals surface area contributed by atoms with E-state index in [1.165, 1.54) is 99.2 Å². The van der Waals surface area contributed by atoms with Gasteiger partial charge < -0.3 is 4.90 Å². The second kappa shape index (κ2) is 11.3. The van der Waals surface area contributed by atoms with E-state index in [2.05, 4.69) is 173 Å². The molecule has 4 bridgehead atoms. The quantitative estimate of drug-likeness (QED) is 0.177. The van der Waals surface area contributed by atoms with Crippen molar-refractivity contribution in [3.8, 4) is 33.4 Å². The number of rotatable bonds is 4. The highest BCUT2D eigenvalue weighted by atomic mass is 15.1. The zero-order valence-corrected chi connectivity index (χ0v) is 32.5. The maximum atomic E-state index is 2.64. The van der Waals surface area contributed by atoms with Gasteiger partial charge in [-0.25, -0.2) is 0 Å². The summed E-state index contributed by atoms with van der Waals surface area (Å²) in [5.41, 5.74) is 19.5. The summed E-state index contributed by atoms with van der Waals surface area (Å²) in [6, 6.07) is 51.7. The number of benzene rings is 6. The van der Waals surface area contributed by atoms with E-state index in [1.54, 1.807) is 11.1 Å². The minimum Gasteiger partial charge on any atom is -0.310 e. The van der Waals surface area contributed by atoms with Gasteiger partial charge in [-0.3, -0.25) is 0 Å². The summed E-state index contributed by atoms with van der Waals surface area (Å²) in [7, 11) is 0. The summed E-state index contributed by atoms with van der Waals surface area (Å²) in [5.74, 6) is 3.33. The molecule has 0 radical (unpaired) electrons. The third kappa shape index (κ3) is 4.45. The first-order valence-corrected chi connectivity index (χ1v) is 20.6. The molecule has 0 heterocycles. The second-order valence-electron chi connectivity index (χ2n) is 19.0. The van der Waals surface area contributed by atoms with Gasteiger partial charge in [-0.2, -0.15) is 0 Å². The molecule has 0 N–H and O–H groups in total. The first-order valence-electron chi connectivity index (χ1n) is 20.6. The average molecular weight is 702 g/mol. The molecule has 4 saturated carbocycles. The van der Waals surface area contributed by atoms with Crippen molar-refractivity contribution < 1.29 is 0 Å². The van der Waals surface area contributed by atoms with Crippen molar-refractivity contribution in [2.24, 2.45) is 23.7 Å². The molecule has 12 rings (SSSR count). The molecule has 0 aliphatic heterocycles. The highest BCUT2D eigenvalue weighted by Crippen LogP contribution is 2.69. The monoisotopic (exact) mass is 701 g/mol. The summed E-state index contributed by atoms with van der Waals surface area (Å²) in [6.07, 6.45) is 7.05. The smallest absolute Gasteiger partial charge is 0.0467 e. The molecule has 0 aromatic heterocycles. The lowest BCUT2D eigenvalue weighted by Crippen LogP contribution is -2.55. The molecule has 1 spiro atoms. The summed E-state index contributed by atoms with van der Waals surface area (Å²) in [5, 5.41) is 0. The number of hydrogen-bond donors (Lipinski definition) is 0. The molecule has 0 saturated heterocycles. The molecular formula is C53H51N.